The number of halogens is 1. The summed E-state index contributed by atoms with van der Waals surface area (Å²) in [6, 6.07) is 17.0. The van der Waals surface area contributed by atoms with Crippen molar-refractivity contribution in [3.05, 3.63) is 64.1 Å². The van der Waals surface area contributed by atoms with E-state index in [0.717, 1.165) is 24.1 Å². The second-order valence-electron chi connectivity index (χ2n) is 5.16. The maximum absolute atomic E-state index is 3.51. The molecule has 2 nitrogen and oxygen atoms in total. The second-order valence-corrected chi connectivity index (χ2v) is 6.08. The molecule has 3 heteroatoms. The van der Waals surface area contributed by atoms with Gasteiger partial charge in [0.1, 0.15) is 0 Å². The fraction of sp³-hybridized carbons (Fsp3) is 0.294. The molecule has 20 heavy (non-hydrogen) atoms. The van der Waals surface area contributed by atoms with E-state index in [1.807, 2.05) is 0 Å². The highest BCUT2D eigenvalue weighted by atomic mass is 79.9. The first-order valence-electron chi connectivity index (χ1n) is 6.87. The van der Waals surface area contributed by atoms with Gasteiger partial charge >= 0.3 is 0 Å². The average Bonchev–Trinajstić information content (AvgIpc) is 2.38. The Kier molecular flexibility index (Phi) is 5.62. The molecule has 0 aliphatic carbocycles. The molecule has 0 amide bonds. The van der Waals surface area contributed by atoms with Crippen molar-refractivity contribution in [2.24, 2.45) is 0 Å². The molecule has 2 rings (SSSR count). The molecule has 0 radical (unpaired) electrons. The van der Waals surface area contributed by atoms with Gasteiger partial charge in [0, 0.05) is 29.8 Å². The standard InChI is InChI=1S/C17H21BrN2/c1-14-5-3-8-17(11-14)19-9-10-20(2)13-15-6-4-7-16(18)12-15/h3-8,11-12,19H,9-10,13H2,1-2H3. The van der Waals surface area contributed by atoms with Crippen molar-refractivity contribution in [1.82, 2.24) is 4.90 Å². The van der Waals surface area contributed by atoms with Crippen molar-refractivity contribution in [1.29, 1.82) is 0 Å². The van der Waals surface area contributed by atoms with Gasteiger partial charge in [-0.1, -0.05) is 40.2 Å². The molecule has 0 fully saturated rings. The lowest BCUT2D eigenvalue weighted by molar-refractivity contribution is 0.340. The van der Waals surface area contributed by atoms with Crippen LogP contribution in [-0.2, 0) is 6.54 Å². The fourth-order valence-electron chi connectivity index (χ4n) is 2.17. The van der Waals surface area contributed by atoms with Crippen molar-refractivity contribution in [2.75, 3.05) is 25.5 Å². The summed E-state index contributed by atoms with van der Waals surface area (Å²) < 4.78 is 1.14. The van der Waals surface area contributed by atoms with E-state index in [0.29, 0.717) is 0 Å². The number of hydrogen-bond donors (Lipinski definition) is 1. The second kappa shape index (κ2) is 7.46. The molecule has 0 unspecified atom stereocenters. The molecule has 0 saturated carbocycles. The Morgan fingerprint density at radius 3 is 2.65 bits per heavy atom. The van der Waals surface area contributed by atoms with Gasteiger partial charge in [0.15, 0.2) is 0 Å². The molecule has 0 aliphatic heterocycles. The van der Waals surface area contributed by atoms with Crippen LogP contribution in [0.2, 0.25) is 0 Å². The van der Waals surface area contributed by atoms with Crippen LogP contribution in [0.3, 0.4) is 0 Å². The molecule has 0 atom stereocenters. The molecule has 2 aromatic carbocycles. The van der Waals surface area contributed by atoms with E-state index in [9.17, 15) is 0 Å². The fourth-order valence-corrected chi connectivity index (χ4v) is 2.62. The van der Waals surface area contributed by atoms with E-state index >= 15 is 0 Å². The van der Waals surface area contributed by atoms with Gasteiger partial charge in [0.25, 0.3) is 0 Å². The van der Waals surface area contributed by atoms with Crippen LogP contribution in [0.1, 0.15) is 11.1 Å². The number of hydrogen-bond acceptors (Lipinski definition) is 2. The molecule has 0 spiro atoms. The molecule has 0 heterocycles. The molecular weight excluding hydrogens is 312 g/mol. The first-order chi connectivity index (χ1) is 9.63. The number of nitrogens with one attached hydrogen (secondary N) is 1. The van der Waals surface area contributed by atoms with Crippen LogP contribution in [-0.4, -0.2) is 25.0 Å². The lowest BCUT2D eigenvalue weighted by Gasteiger charge is -2.17. The molecule has 0 aromatic heterocycles. The Bertz CT molecular complexity index is 554. The van der Waals surface area contributed by atoms with Gasteiger partial charge in [-0.05, 0) is 49.4 Å². The Hall–Kier alpha value is -1.32. The summed E-state index contributed by atoms with van der Waals surface area (Å²) >= 11 is 3.51. The van der Waals surface area contributed by atoms with Crippen molar-refractivity contribution >= 4 is 21.6 Å². The Labute approximate surface area is 129 Å². The van der Waals surface area contributed by atoms with E-state index in [-0.39, 0.29) is 0 Å². The Balaban J connectivity index is 1.76. The van der Waals surface area contributed by atoms with Gasteiger partial charge in [-0.25, -0.2) is 0 Å². The molecule has 0 aliphatic rings. The van der Waals surface area contributed by atoms with Gasteiger partial charge in [0.05, 0.1) is 0 Å². The third kappa shape index (κ3) is 4.99. The number of likely N-dealkylation sites (N-methyl/N-ethyl adjacent to an activating group) is 1. The van der Waals surface area contributed by atoms with Crippen LogP contribution >= 0.6 is 15.9 Å². The summed E-state index contributed by atoms with van der Waals surface area (Å²) in [5.41, 5.74) is 3.82. The zero-order valence-electron chi connectivity index (χ0n) is 12.1. The van der Waals surface area contributed by atoms with Crippen LogP contribution in [0.4, 0.5) is 5.69 Å². The summed E-state index contributed by atoms with van der Waals surface area (Å²) in [5, 5.41) is 3.46. The van der Waals surface area contributed by atoms with Crippen molar-refractivity contribution in [3.63, 3.8) is 0 Å². The Morgan fingerprint density at radius 1 is 1.10 bits per heavy atom. The third-order valence-corrected chi connectivity index (χ3v) is 3.68. The van der Waals surface area contributed by atoms with E-state index in [2.05, 4.69) is 88.6 Å². The van der Waals surface area contributed by atoms with Gasteiger partial charge in [-0.15, -0.1) is 0 Å². The van der Waals surface area contributed by atoms with E-state index < -0.39 is 0 Å². The lowest BCUT2D eigenvalue weighted by atomic mass is 10.2. The van der Waals surface area contributed by atoms with Gasteiger partial charge in [0.2, 0.25) is 0 Å². The van der Waals surface area contributed by atoms with Crippen LogP contribution in [0.15, 0.2) is 53.0 Å². The summed E-state index contributed by atoms with van der Waals surface area (Å²) in [7, 11) is 2.15. The largest absolute Gasteiger partial charge is 0.384 e. The van der Waals surface area contributed by atoms with Crippen LogP contribution in [0.25, 0.3) is 0 Å². The Morgan fingerprint density at radius 2 is 1.90 bits per heavy atom. The van der Waals surface area contributed by atoms with Crippen molar-refractivity contribution < 1.29 is 0 Å². The summed E-state index contributed by atoms with van der Waals surface area (Å²) in [6.07, 6.45) is 0. The number of benzene rings is 2. The molecule has 106 valence electrons. The highest BCUT2D eigenvalue weighted by Crippen LogP contribution is 2.13. The zero-order valence-corrected chi connectivity index (χ0v) is 13.7. The minimum absolute atomic E-state index is 0.952. The summed E-state index contributed by atoms with van der Waals surface area (Å²) in [5.74, 6) is 0. The SMILES string of the molecule is Cc1cccc(NCCN(C)Cc2cccc(Br)c2)c1. The molecule has 0 bridgehead atoms. The summed E-state index contributed by atoms with van der Waals surface area (Å²) in [6.45, 7) is 5.05. The normalized spacial score (nSPS) is 10.8. The topological polar surface area (TPSA) is 15.3 Å². The number of nitrogens with zero attached hydrogens (tertiary/aromatic N) is 1. The minimum atomic E-state index is 0.952. The maximum Gasteiger partial charge on any atom is 0.0343 e. The predicted octanol–water partition coefficient (Wildman–Crippen LogP) is 4.30. The molecular formula is C17H21BrN2. The van der Waals surface area contributed by atoms with Crippen molar-refractivity contribution in [3.8, 4) is 0 Å². The quantitative estimate of drug-likeness (QED) is 0.848. The molecule has 0 saturated heterocycles. The van der Waals surface area contributed by atoms with E-state index in [1.165, 1.54) is 16.8 Å². The minimum Gasteiger partial charge on any atom is -0.384 e. The van der Waals surface area contributed by atoms with Crippen LogP contribution < -0.4 is 5.32 Å². The number of aryl methyl sites for hydroxylation is 1. The number of anilines is 1. The van der Waals surface area contributed by atoms with Gasteiger partial charge in [-0.2, -0.15) is 0 Å². The number of rotatable bonds is 6. The van der Waals surface area contributed by atoms with Gasteiger partial charge < -0.3 is 10.2 Å². The molecule has 2 aromatic rings. The summed E-state index contributed by atoms with van der Waals surface area (Å²) in [4.78, 5) is 2.32. The predicted molar refractivity (Wildman–Crippen MR) is 90.1 cm³/mol. The third-order valence-electron chi connectivity index (χ3n) is 3.18. The van der Waals surface area contributed by atoms with E-state index in [4.69, 9.17) is 0 Å². The lowest BCUT2D eigenvalue weighted by Crippen LogP contribution is -2.24. The molecule has 1 N–H and O–H groups in total. The maximum atomic E-state index is 3.51. The zero-order chi connectivity index (χ0) is 14.4. The first-order valence-corrected chi connectivity index (χ1v) is 7.66. The average molecular weight is 333 g/mol. The van der Waals surface area contributed by atoms with Gasteiger partial charge in [-0.3, -0.25) is 0 Å². The monoisotopic (exact) mass is 332 g/mol. The first kappa shape index (κ1) is 15.1. The van der Waals surface area contributed by atoms with Crippen molar-refractivity contribution in [2.45, 2.75) is 13.5 Å². The highest BCUT2D eigenvalue weighted by molar-refractivity contribution is 9.10. The van der Waals surface area contributed by atoms with Crippen LogP contribution in [0, 0.1) is 6.92 Å². The highest BCUT2D eigenvalue weighted by Gasteiger charge is 2.01. The van der Waals surface area contributed by atoms with E-state index in [1.54, 1.807) is 0 Å². The van der Waals surface area contributed by atoms with Crippen LogP contribution in [0.5, 0.6) is 0 Å². The smallest absolute Gasteiger partial charge is 0.0343 e.